The molecule has 2 aromatic rings. The molecule has 2 aromatic carbocycles. The van der Waals surface area contributed by atoms with Gasteiger partial charge in [-0.25, -0.2) is 5.43 Å². The molecule has 0 amide bonds. The number of aromatic hydroxyl groups is 1. The molecule has 0 saturated carbocycles. The largest absolute Gasteiger partial charge is 0.508 e. The van der Waals surface area contributed by atoms with E-state index in [2.05, 4.69) is 43.1 Å². The number of benzene rings is 2. The van der Waals surface area contributed by atoms with Crippen LogP contribution in [0.15, 0.2) is 24.3 Å². The third-order valence-corrected chi connectivity index (χ3v) is 7.41. The summed E-state index contributed by atoms with van der Waals surface area (Å²) in [5, 5.41) is 11.6. The number of carbonyl (C=O) groups excluding carboxylic acids is 2. The molecule has 4 rings (SSSR count). The Bertz CT molecular complexity index is 1040. The number of esters is 2. The molecule has 0 spiro atoms. The van der Waals surface area contributed by atoms with Gasteiger partial charge in [-0.05, 0) is 52.6 Å². The minimum Gasteiger partial charge on any atom is -0.508 e. The Morgan fingerprint density at radius 1 is 1.12 bits per heavy atom. The Hall–Kier alpha value is -2.27. The van der Waals surface area contributed by atoms with Crippen LogP contribution in [0.5, 0.6) is 5.75 Å². The Morgan fingerprint density at radius 2 is 1.79 bits per heavy atom. The first kappa shape index (κ1) is 25.4. The fraction of sp³-hybridized carbons (Fsp3) is 0.478. The van der Waals surface area contributed by atoms with Crippen LogP contribution in [0.4, 0.5) is 5.69 Å². The van der Waals surface area contributed by atoms with Crippen LogP contribution >= 0.6 is 12.6 Å². The number of phenols is 1. The summed E-state index contributed by atoms with van der Waals surface area (Å²) in [6.07, 6.45) is 0.657. The van der Waals surface area contributed by atoms with Gasteiger partial charge in [-0.15, -0.1) is 12.6 Å². The summed E-state index contributed by atoms with van der Waals surface area (Å²) in [7, 11) is -1.40. The van der Waals surface area contributed by atoms with Crippen LogP contribution in [0.2, 0.25) is 25.7 Å². The molecule has 0 radical (unpaired) electrons. The Kier molecular flexibility index (Phi) is 7.94. The number of phenolic OH excluding ortho intramolecular Hbond substituents is 1. The van der Waals surface area contributed by atoms with Gasteiger partial charge < -0.3 is 25.7 Å². The van der Waals surface area contributed by atoms with E-state index in [1.165, 1.54) is 0 Å². The molecule has 0 heterocycles. The molecule has 2 aliphatic carbocycles. The van der Waals surface area contributed by atoms with Crippen molar-refractivity contribution in [3.05, 3.63) is 35.4 Å². The van der Waals surface area contributed by atoms with E-state index < -0.39 is 37.3 Å². The van der Waals surface area contributed by atoms with Crippen molar-refractivity contribution in [1.82, 2.24) is 5.43 Å². The smallest absolute Gasteiger partial charge is 0.314 e. The summed E-state index contributed by atoms with van der Waals surface area (Å²) in [5.74, 6) is -2.65. The number of ether oxygens (including phenoxy) is 2. The highest BCUT2D eigenvalue weighted by atomic mass is 32.1. The normalized spacial score (nSPS) is 18.2. The van der Waals surface area contributed by atoms with Crippen LogP contribution in [0.1, 0.15) is 36.3 Å². The maximum absolute atomic E-state index is 13.3. The van der Waals surface area contributed by atoms with Crippen LogP contribution < -0.4 is 16.6 Å². The number of fused-ring (bicyclic) bond motifs is 2. The highest BCUT2D eigenvalue weighted by Crippen LogP contribution is 2.51. The van der Waals surface area contributed by atoms with Crippen molar-refractivity contribution in [2.24, 2.45) is 5.73 Å². The summed E-state index contributed by atoms with van der Waals surface area (Å²) in [4.78, 5) is 26.6. The van der Waals surface area contributed by atoms with Crippen molar-refractivity contribution in [3.63, 3.8) is 0 Å². The SMILES string of the molecule is CCCOC(=O)[C@@H]1c2c(NNC(N)S)cc(c3ccc(O)cc23)C1C(=O)OCC[Si](C)(C)C. The zero-order chi connectivity index (χ0) is 24.3. The monoisotopic (exact) mass is 491 g/mol. The summed E-state index contributed by atoms with van der Waals surface area (Å²) in [6.45, 7) is 9.10. The quantitative estimate of drug-likeness (QED) is 0.112. The zero-order valence-electron chi connectivity index (χ0n) is 19.5. The predicted octanol–water partition coefficient (Wildman–Crippen LogP) is 3.65. The standard InChI is InChI=1S/C23H33N3O5SSi/c1-5-8-30-22(29)20-18-15-11-13(27)6-7-14(15)16(12-17(18)25-26-23(24)32)19(20)21(28)31-9-10-33(2,3)4/h6-7,11-12,19-20,23,25-27,32H,5,8-10,24H2,1-4H3/t19?,20-,23?/m1/s1. The number of hydrogen-bond acceptors (Lipinski definition) is 9. The van der Waals surface area contributed by atoms with Crippen molar-refractivity contribution in [3.8, 4) is 5.75 Å². The molecular formula is C23H33N3O5SSi. The zero-order valence-corrected chi connectivity index (χ0v) is 21.4. The van der Waals surface area contributed by atoms with Crippen molar-refractivity contribution >= 4 is 49.1 Å². The van der Waals surface area contributed by atoms with E-state index in [-0.39, 0.29) is 12.4 Å². The second-order valence-electron chi connectivity index (χ2n) is 9.47. The number of carbonyl (C=O) groups is 2. The number of hydrazine groups is 1. The second-order valence-corrected chi connectivity index (χ2v) is 15.6. The van der Waals surface area contributed by atoms with E-state index in [4.69, 9.17) is 15.2 Å². The Balaban J connectivity index is 2.10. The fourth-order valence-electron chi connectivity index (χ4n) is 4.01. The summed E-state index contributed by atoms with van der Waals surface area (Å²) in [5.41, 5.74) is 12.6. The lowest BCUT2D eigenvalue weighted by atomic mass is 9.71. The van der Waals surface area contributed by atoms with Gasteiger partial charge in [-0.3, -0.25) is 9.59 Å². The first-order chi connectivity index (χ1) is 15.5. The first-order valence-corrected chi connectivity index (χ1v) is 15.3. The molecule has 0 fully saturated rings. The molecule has 2 aliphatic rings. The van der Waals surface area contributed by atoms with Gasteiger partial charge in [0.2, 0.25) is 0 Å². The van der Waals surface area contributed by atoms with Gasteiger partial charge in [-0.2, -0.15) is 0 Å². The minimum atomic E-state index is -1.40. The van der Waals surface area contributed by atoms with Crippen LogP contribution in [0.25, 0.3) is 10.8 Å². The van der Waals surface area contributed by atoms with Gasteiger partial charge >= 0.3 is 11.9 Å². The first-order valence-electron chi connectivity index (χ1n) is 11.1. The van der Waals surface area contributed by atoms with Gasteiger partial charge in [0.15, 0.2) is 0 Å². The highest BCUT2D eigenvalue weighted by Gasteiger charge is 2.46. The molecule has 33 heavy (non-hydrogen) atoms. The number of hydrogen-bond donors (Lipinski definition) is 5. The lowest BCUT2D eigenvalue weighted by molar-refractivity contribution is -0.154. The molecule has 5 N–H and O–H groups in total. The average Bonchev–Trinajstić information content (AvgIpc) is 2.74. The van der Waals surface area contributed by atoms with Crippen molar-refractivity contribution in [1.29, 1.82) is 0 Å². The number of rotatable bonds is 10. The van der Waals surface area contributed by atoms with Gasteiger partial charge in [-0.1, -0.05) is 32.6 Å². The Labute approximate surface area is 200 Å². The lowest BCUT2D eigenvalue weighted by Crippen LogP contribution is -2.39. The third-order valence-electron chi connectivity index (χ3n) is 5.58. The average molecular weight is 492 g/mol. The molecule has 0 aromatic heterocycles. The molecule has 3 atom stereocenters. The van der Waals surface area contributed by atoms with Crippen LogP contribution in [-0.2, 0) is 19.1 Å². The number of thiol groups is 1. The molecule has 0 saturated heterocycles. The van der Waals surface area contributed by atoms with Gasteiger partial charge in [0.05, 0.1) is 18.9 Å². The highest BCUT2D eigenvalue weighted by molar-refractivity contribution is 7.80. The molecule has 2 unspecified atom stereocenters. The van der Waals surface area contributed by atoms with Crippen molar-refractivity contribution in [2.45, 2.75) is 56.4 Å². The molecule has 8 nitrogen and oxygen atoms in total. The number of nitrogens with two attached hydrogens (primary N) is 1. The Morgan fingerprint density at radius 3 is 2.42 bits per heavy atom. The molecule has 2 bridgehead atoms. The molecule has 10 heteroatoms. The van der Waals surface area contributed by atoms with Crippen LogP contribution in [0.3, 0.4) is 0 Å². The van der Waals surface area contributed by atoms with Crippen molar-refractivity contribution in [2.75, 3.05) is 18.6 Å². The summed E-state index contributed by atoms with van der Waals surface area (Å²) in [6, 6.07) is 7.55. The van der Waals surface area contributed by atoms with Crippen molar-refractivity contribution < 1.29 is 24.2 Å². The van der Waals surface area contributed by atoms with Gasteiger partial charge in [0, 0.05) is 8.07 Å². The summed E-state index contributed by atoms with van der Waals surface area (Å²) < 4.78 is 11.2. The van der Waals surface area contributed by atoms with Crippen LogP contribution in [-0.4, -0.2) is 43.8 Å². The van der Waals surface area contributed by atoms with E-state index in [9.17, 15) is 14.7 Å². The molecule has 0 aliphatic heterocycles. The van der Waals surface area contributed by atoms with Crippen LogP contribution in [0, 0.1) is 0 Å². The number of nitrogens with one attached hydrogen (secondary N) is 2. The maximum Gasteiger partial charge on any atom is 0.314 e. The molecule has 180 valence electrons. The third kappa shape index (κ3) is 5.81. The summed E-state index contributed by atoms with van der Waals surface area (Å²) >= 11 is 4.12. The van der Waals surface area contributed by atoms with Gasteiger partial charge in [0.1, 0.15) is 23.1 Å². The van der Waals surface area contributed by atoms with E-state index in [1.807, 2.05) is 13.0 Å². The van der Waals surface area contributed by atoms with E-state index in [0.717, 1.165) is 11.4 Å². The topological polar surface area (TPSA) is 123 Å². The van der Waals surface area contributed by atoms with Gasteiger partial charge in [0.25, 0.3) is 0 Å². The minimum absolute atomic E-state index is 0.0579. The molecular weight excluding hydrogens is 458 g/mol. The predicted molar refractivity (Wildman–Crippen MR) is 135 cm³/mol. The lowest BCUT2D eigenvalue weighted by Gasteiger charge is -2.35. The van der Waals surface area contributed by atoms with E-state index in [1.54, 1.807) is 18.2 Å². The second kappa shape index (κ2) is 10.3. The van der Waals surface area contributed by atoms with E-state index in [0.29, 0.717) is 35.2 Å². The maximum atomic E-state index is 13.3. The number of anilines is 1. The van der Waals surface area contributed by atoms with E-state index >= 15 is 0 Å². The fourth-order valence-corrected chi connectivity index (χ4v) is 4.79.